The molecule has 0 aliphatic rings. The summed E-state index contributed by atoms with van der Waals surface area (Å²) in [5.74, 6) is 0.131. The Morgan fingerprint density at radius 1 is 1.00 bits per heavy atom. The summed E-state index contributed by atoms with van der Waals surface area (Å²) >= 11 is 0. The van der Waals surface area contributed by atoms with Gasteiger partial charge in [-0.2, -0.15) is 0 Å². The van der Waals surface area contributed by atoms with Crippen molar-refractivity contribution in [1.82, 2.24) is 4.72 Å². The molecule has 0 spiro atoms. The predicted octanol–water partition coefficient (Wildman–Crippen LogP) is 3.34. The summed E-state index contributed by atoms with van der Waals surface area (Å²) in [5, 5.41) is 2.76. The number of amides is 1. The van der Waals surface area contributed by atoms with Crippen molar-refractivity contribution in [3.63, 3.8) is 0 Å². The molecule has 146 valence electrons. The van der Waals surface area contributed by atoms with Gasteiger partial charge >= 0.3 is 0 Å². The number of carbonyl (C=O) groups is 1. The molecule has 0 saturated heterocycles. The maximum absolute atomic E-state index is 12.3. The number of benzene rings is 2. The molecule has 6 nitrogen and oxygen atoms in total. The third kappa shape index (κ3) is 6.69. The van der Waals surface area contributed by atoms with Crippen molar-refractivity contribution in [3.8, 4) is 5.75 Å². The lowest BCUT2D eigenvalue weighted by Gasteiger charge is -2.20. The molecule has 1 amide bonds. The van der Waals surface area contributed by atoms with Crippen LogP contribution in [0.25, 0.3) is 0 Å². The Bertz CT molecular complexity index is 868. The van der Waals surface area contributed by atoms with E-state index in [0.717, 1.165) is 6.42 Å². The van der Waals surface area contributed by atoms with Crippen molar-refractivity contribution in [1.29, 1.82) is 0 Å². The fourth-order valence-electron chi connectivity index (χ4n) is 2.35. The Morgan fingerprint density at radius 2 is 1.59 bits per heavy atom. The van der Waals surface area contributed by atoms with E-state index in [1.165, 1.54) is 29.8 Å². The topological polar surface area (TPSA) is 84.5 Å². The number of hydrogen-bond acceptors (Lipinski definition) is 4. The number of anilines is 1. The van der Waals surface area contributed by atoms with E-state index < -0.39 is 15.6 Å². The maximum Gasteiger partial charge on any atom is 0.262 e. The lowest BCUT2D eigenvalue weighted by atomic mass is 10.1. The summed E-state index contributed by atoms with van der Waals surface area (Å²) in [6.07, 6.45) is 0.939. The van der Waals surface area contributed by atoms with Crippen LogP contribution in [0.4, 0.5) is 5.69 Å². The summed E-state index contributed by atoms with van der Waals surface area (Å²) in [6, 6.07) is 13.6. The number of rotatable bonds is 7. The Kier molecular flexibility index (Phi) is 6.62. The lowest BCUT2D eigenvalue weighted by molar-refractivity contribution is -0.118. The van der Waals surface area contributed by atoms with Crippen LogP contribution in [0.2, 0.25) is 0 Å². The van der Waals surface area contributed by atoms with Crippen LogP contribution in [-0.4, -0.2) is 26.5 Å². The molecule has 27 heavy (non-hydrogen) atoms. The summed E-state index contributed by atoms with van der Waals surface area (Å²) in [5.41, 5.74) is 1.33. The van der Waals surface area contributed by atoms with Crippen molar-refractivity contribution in [2.75, 3.05) is 11.9 Å². The first-order valence-corrected chi connectivity index (χ1v) is 10.2. The van der Waals surface area contributed by atoms with Crippen molar-refractivity contribution in [2.45, 2.75) is 44.6 Å². The first kappa shape index (κ1) is 20.9. The van der Waals surface area contributed by atoms with Crippen molar-refractivity contribution in [3.05, 3.63) is 54.1 Å². The quantitative estimate of drug-likeness (QED) is 0.759. The average Bonchev–Trinajstić information content (AvgIpc) is 2.59. The van der Waals surface area contributed by atoms with E-state index in [9.17, 15) is 13.2 Å². The van der Waals surface area contributed by atoms with E-state index in [0.29, 0.717) is 11.4 Å². The molecule has 0 saturated carbocycles. The molecule has 2 aromatic carbocycles. The van der Waals surface area contributed by atoms with Gasteiger partial charge in [-0.3, -0.25) is 4.79 Å². The van der Waals surface area contributed by atoms with Gasteiger partial charge in [0.2, 0.25) is 10.0 Å². The second-order valence-electron chi connectivity index (χ2n) is 7.21. The Balaban J connectivity index is 1.91. The minimum Gasteiger partial charge on any atom is -0.484 e. The molecular formula is C20H26N2O4S. The molecule has 2 rings (SSSR count). The third-order valence-corrected chi connectivity index (χ3v) is 5.36. The average molecular weight is 391 g/mol. The fraction of sp³-hybridized carbons (Fsp3) is 0.350. The Morgan fingerprint density at radius 3 is 2.11 bits per heavy atom. The van der Waals surface area contributed by atoms with Crippen molar-refractivity contribution >= 4 is 21.6 Å². The zero-order valence-corrected chi connectivity index (χ0v) is 16.9. The molecule has 2 aromatic rings. The van der Waals surface area contributed by atoms with Crippen LogP contribution in [0, 0.1) is 0 Å². The summed E-state index contributed by atoms with van der Waals surface area (Å²) < 4.78 is 32.5. The first-order chi connectivity index (χ1) is 12.6. The van der Waals surface area contributed by atoms with Crippen LogP contribution >= 0.6 is 0 Å². The van der Waals surface area contributed by atoms with Crippen LogP contribution in [0.15, 0.2) is 53.4 Å². The molecule has 0 heterocycles. The SMILES string of the molecule is CCc1ccc(NC(=O)COc2ccc(S(=O)(=O)NC(C)(C)C)cc2)cc1. The highest BCUT2D eigenvalue weighted by atomic mass is 32.2. The van der Waals surface area contributed by atoms with Crippen LogP contribution in [0.3, 0.4) is 0 Å². The van der Waals surface area contributed by atoms with Crippen LogP contribution in [-0.2, 0) is 21.2 Å². The summed E-state index contributed by atoms with van der Waals surface area (Å²) in [6.45, 7) is 7.22. The largest absolute Gasteiger partial charge is 0.484 e. The molecular weight excluding hydrogens is 364 g/mol. The van der Waals surface area contributed by atoms with E-state index in [-0.39, 0.29) is 17.4 Å². The molecule has 7 heteroatoms. The van der Waals surface area contributed by atoms with Gasteiger partial charge in [-0.1, -0.05) is 19.1 Å². The van der Waals surface area contributed by atoms with E-state index in [2.05, 4.69) is 17.0 Å². The molecule has 0 aromatic heterocycles. The summed E-state index contributed by atoms with van der Waals surface area (Å²) in [4.78, 5) is 12.1. The van der Waals surface area contributed by atoms with Gasteiger partial charge in [-0.15, -0.1) is 0 Å². The zero-order chi connectivity index (χ0) is 20.1. The summed E-state index contributed by atoms with van der Waals surface area (Å²) in [7, 11) is -3.60. The minimum absolute atomic E-state index is 0.144. The first-order valence-electron chi connectivity index (χ1n) is 8.75. The number of hydrogen-bond donors (Lipinski definition) is 2. The zero-order valence-electron chi connectivity index (χ0n) is 16.1. The van der Waals surface area contributed by atoms with E-state index in [1.807, 2.05) is 24.3 Å². The minimum atomic E-state index is -3.60. The second kappa shape index (κ2) is 8.54. The van der Waals surface area contributed by atoms with Gasteiger partial charge < -0.3 is 10.1 Å². The number of aryl methyl sites for hydroxylation is 1. The number of ether oxygens (including phenoxy) is 1. The van der Waals surface area contributed by atoms with Gasteiger partial charge in [-0.25, -0.2) is 13.1 Å². The molecule has 0 radical (unpaired) electrons. The van der Waals surface area contributed by atoms with Gasteiger partial charge in [0.1, 0.15) is 5.75 Å². The fourth-order valence-corrected chi connectivity index (χ4v) is 3.77. The third-order valence-electron chi connectivity index (χ3n) is 3.59. The lowest BCUT2D eigenvalue weighted by Crippen LogP contribution is -2.40. The van der Waals surface area contributed by atoms with Gasteiger partial charge in [0.25, 0.3) is 5.91 Å². The molecule has 0 bridgehead atoms. The maximum atomic E-state index is 12.3. The van der Waals surface area contributed by atoms with E-state index in [1.54, 1.807) is 20.8 Å². The number of nitrogens with one attached hydrogen (secondary N) is 2. The van der Waals surface area contributed by atoms with Crippen molar-refractivity contribution in [2.24, 2.45) is 0 Å². The highest BCUT2D eigenvalue weighted by Gasteiger charge is 2.21. The standard InChI is InChI=1S/C20H26N2O4S/c1-5-15-6-8-16(9-7-15)21-19(23)14-26-17-10-12-18(13-11-17)27(24,25)22-20(2,3)4/h6-13,22H,5,14H2,1-4H3,(H,21,23). The Hall–Kier alpha value is -2.38. The Labute approximate surface area is 161 Å². The van der Waals surface area contributed by atoms with Crippen LogP contribution in [0.1, 0.15) is 33.3 Å². The number of sulfonamides is 1. The smallest absolute Gasteiger partial charge is 0.262 e. The molecule has 0 atom stereocenters. The van der Waals surface area contributed by atoms with Gasteiger partial charge in [0, 0.05) is 11.2 Å². The number of carbonyl (C=O) groups excluding carboxylic acids is 1. The molecule has 0 unspecified atom stereocenters. The van der Waals surface area contributed by atoms with Crippen molar-refractivity contribution < 1.29 is 17.9 Å². The van der Waals surface area contributed by atoms with Crippen LogP contribution < -0.4 is 14.8 Å². The van der Waals surface area contributed by atoms with Crippen LogP contribution in [0.5, 0.6) is 5.75 Å². The molecule has 0 fully saturated rings. The van der Waals surface area contributed by atoms with Gasteiger partial charge in [0.15, 0.2) is 6.61 Å². The predicted molar refractivity (Wildman–Crippen MR) is 106 cm³/mol. The molecule has 2 N–H and O–H groups in total. The van der Waals surface area contributed by atoms with Gasteiger partial charge in [-0.05, 0) is 69.2 Å². The van der Waals surface area contributed by atoms with E-state index in [4.69, 9.17) is 4.74 Å². The normalized spacial score (nSPS) is 11.9. The van der Waals surface area contributed by atoms with E-state index >= 15 is 0 Å². The van der Waals surface area contributed by atoms with Gasteiger partial charge in [0.05, 0.1) is 4.90 Å². The molecule has 0 aliphatic heterocycles. The monoisotopic (exact) mass is 390 g/mol. The highest BCUT2D eigenvalue weighted by molar-refractivity contribution is 7.89. The second-order valence-corrected chi connectivity index (χ2v) is 8.90. The highest BCUT2D eigenvalue weighted by Crippen LogP contribution is 2.18. The molecule has 0 aliphatic carbocycles.